The minimum atomic E-state index is -3.83. The van der Waals surface area contributed by atoms with Crippen molar-refractivity contribution in [2.24, 2.45) is 0 Å². The smallest absolute Gasteiger partial charge is 0.263 e. The summed E-state index contributed by atoms with van der Waals surface area (Å²) in [5.41, 5.74) is 6.05. The standard InChI is InChI=1S/C12H9Br2FN2O2S/c13-7-1-4-12(11(16)5-7)20(18,19)17-8-2-3-10(15)9(14)6-8/h1-6,17H,16H2. The lowest BCUT2D eigenvalue weighted by Gasteiger charge is -2.11. The zero-order valence-electron chi connectivity index (χ0n) is 9.90. The fourth-order valence-electron chi connectivity index (χ4n) is 1.53. The van der Waals surface area contributed by atoms with Gasteiger partial charge in [-0.2, -0.15) is 0 Å². The van der Waals surface area contributed by atoms with Crippen molar-refractivity contribution in [2.75, 3.05) is 10.5 Å². The molecule has 8 heteroatoms. The molecule has 0 aliphatic heterocycles. The molecule has 20 heavy (non-hydrogen) atoms. The van der Waals surface area contributed by atoms with Gasteiger partial charge >= 0.3 is 0 Å². The zero-order chi connectivity index (χ0) is 14.9. The molecule has 0 atom stereocenters. The molecule has 0 heterocycles. The molecule has 0 spiro atoms. The van der Waals surface area contributed by atoms with E-state index in [2.05, 4.69) is 36.6 Å². The molecule has 0 aliphatic carbocycles. The third-order valence-corrected chi connectivity index (χ3v) is 4.99. The summed E-state index contributed by atoms with van der Waals surface area (Å²) in [5, 5.41) is 0. The van der Waals surface area contributed by atoms with Crippen LogP contribution in [0.15, 0.2) is 50.2 Å². The molecular weight excluding hydrogens is 415 g/mol. The number of hydrogen-bond donors (Lipinski definition) is 2. The molecule has 2 rings (SSSR count). The van der Waals surface area contributed by atoms with E-state index in [1.807, 2.05) is 0 Å². The maximum atomic E-state index is 13.1. The Bertz CT molecular complexity index is 766. The minimum Gasteiger partial charge on any atom is -0.398 e. The van der Waals surface area contributed by atoms with E-state index < -0.39 is 15.8 Å². The first-order valence-corrected chi connectivity index (χ1v) is 8.39. The summed E-state index contributed by atoms with van der Waals surface area (Å²) in [7, 11) is -3.83. The van der Waals surface area contributed by atoms with Gasteiger partial charge in [-0.15, -0.1) is 0 Å². The van der Waals surface area contributed by atoms with Gasteiger partial charge in [0.25, 0.3) is 10.0 Å². The highest BCUT2D eigenvalue weighted by Crippen LogP contribution is 2.26. The van der Waals surface area contributed by atoms with Crippen molar-refractivity contribution in [1.82, 2.24) is 0 Å². The summed E-state index contributed by atoms with van der Waals surface area (Å²) in [5.74, 6) is -0.476. The van der Waals surface area contributed by atoms with Crippen LogP contribution in [0.5, 0.6) is 0 Å². The summed E-state index contributed by atoms with van der Waals surface area (Å²) in [6, 6.07) is 8.28. The summed E-state index contributed by atoms with van der Waals surface area (Å²) < 4.78 is 40.7. The SMILES string of the molecule is Nc1cc(Br)ccc1S(=O)(=O)Nc1ccc(F)c(Br)c1. The maximum Gasteiger partial charge on any atom is 0.263 e. The van der Waals surface area contributed by atoms with Crippen LogP contribution < -0.4 is 10.5 Å². The Morgan fingerprint density at radius 3 is 2.40 bits per heavy atom. The van der Waals surface area contributed by atoms with Crippen LogP contribution in [-0.4, -0.2) is 8.42 Å². The zero-order valence-corrected chi connectivity index (χ0v) is 13.9. The van der Waals surface area contributed by atoms with Gasteiger partial charge in [0.1, 0.15) is 10.7 Å². The summed E-state index contributed by atoms with van der Waals surface area (Å²) >= 11 is 6.20. The van der Waals surface area contributed by atoms with E-state index in [0.29, 0.717) is 4.47 Å². The topological polar surface area (TPSA) is 72.2 Å². The van der Waals surface area contributed by atoms with Crippen LogP contribution in [0, 0.1) is 5.82 Å². The van der Waals surface area contributed by atoms with E-state index in [0.717, 1.165) is 6.07 Å². The van der Waals surface area contributed by atoms with Crippen LogP contribution in [0.2, 0.25) is 0 Å². The number of sulfonamides is 1. The van der Waals surface area contributed by atoms with Crippen LogP contribution in [0.4, 0.5) is 15.8 Å². The van der Waals surface area contributed by atoms with E-state index in [9.17, 15) is 12.8 Å². The molecule has 0 saturated heterocycles. The van der Waals surface area contributed by atoms with Crippen molar-refractivity contribution in [2.45, 2.75) is 4.90 Å². The van der Waals surface area contributed by atoms with Gasteiger partial charge in [0.15, 0.2) is 0 Å². The Hall–Kier alpha value is -1.12. The average molecular weight is 424 g/mol. The molecule has 2 aromatic carbocycles. The van der Waals surface area contributed by atoms with Crippen LogP contribution in [0.1, 0.15) is 0 Å². The van der Waals surface area contributed by atoms with Gasteiger partial charge in [-0.1, -0.05) is 15.9 Å². The molecule has 0 bridgehead atoms. The van der Waals surface area contributed by atoms with E-state index in [-0.39, 0.29) is 20.7 Å². The maximum absolute atomic E-state index is 13.1. The monoisotopic (exact) mass is 422 g/mol. The molecule has 2 aromatic rings. The number of rotatable bonds is 3. The van der Waals surface area contributed by atoms with Crippen molar-refractivity contribution >= 4 is 53.3 Å². The van der Waals surface area contributed by atoms with Crippen molar-refractivity contribution in [3.05, 3.63) is 51.2 Å². The third-order valence-electron chi connectivity index (χ3n) is 2.43. The molecule has 0 aliphatic rings. The molecule has 0 amide bonds. The lowest BCUT2D eigenvalue weighted by atomic mass is 10.3. The van der Waals surface area contributed by atoms with Crippen molar-refractivity contribution < 1.29 is 12.8 Å². The fraction of sp³-hybridized carbons (Fsp3) is 0. The Kier molecular flexibility index (Phi) is 4.36. The molecule has 0 aromatic heterocycles. The largest absolute Gasteiger partial charge is 0.398 e. The van der Waals surface area contributed by atoms with Gasteiger partial charge in [0, 0.05) is 4.47 Å². The number of benzene rings is 2. The Morgan fingerprint density at radius 1 is 1.10 bits per heavy atom. The molecule has 0 radical (unpaired) electrons. The van der Waals surface area contributed by atoms with E-state index in [4.69, 9.17) is 5.73 Å². The molecule has 4 nitrogen and oxygen atoms in total. The molecule has 0 unspecified atom stereocenters. The van der Waals surface area contributed by atoms with Gasteiger partial charge in [-0.25, -0.2) is 12.8 Å². The normalized spacial score (nSPS) is 11.3. The summed E-state index contributed by atoms with van der Waals surface area (Å²) in [6.07, 6.45) is 0. The number of anilines is 2. The first kappa shape index (κ1) is 15.3. The Morgan fingerprint density at radius 2 is 1.80 bits per heavy atom. The van der Waals surface area contributed by atoms with Gasteiger partial charge in [0.2, 0.25) is 0 Å². The van der Waals surface area contributed by atoms with Crippen molar-refractivity contribution in [3.63, 3.8) is 0 Å². The predicted molar refractivity (Wildman–Crippen MR) is 83.5 cm³/mol. The first-order valence-electron chi connectivity index (χ1n) is 5.32. The highest BCUT2D eigenvalue weighted by Gasteiger charge is 2.18. The molecule has 106 valence electrons. The number of nitrogen functional groups attached to an aromatic ring is 1. The van der Waals surface area contributed by atoms with Gasteiger partial charge in [0.05, 0.1) is 15.8 Å². The lowest BCUT2D eigenvalue weighted by Crippen LogP contribution is -2.14. The first-order chi connectivity index (χ1) is 9.29. The quantitative estimate of drug-likeness (QED) is 0.738. The molecule has 0 fully saturated rings. The Balaban J connectivity index is 2.38. The van der Waals surface area contributed by atoms with Gasteiger partial charge in [-0.3, -0.25) is 4.72 Å². The third kappa shape index (κ3) is 3.31. The highest BCUT2D eigenvalue weighted by atomic mass is 79.9. The average Bonchev–Trinajstić information content (AvgIpc) is 2.33. The van der Waals surface area contributed by atoms with Crippen LogP contribution >= 0.6 is 31.9 Å². The highest BCUT2D eigenvalue weighted by molar-refractivity contribution is 9.10. The minimum absolute atomic E-state index is 0.0406. The van der Waals surface area contributed by atoms with E-state index in [1.54, 1.807) is 6.07 Å². The van der Waals surface area contributed by atoms with Gasteiger partial charge in [-0.05, 0) is 52.3 Å². The molecule has 3 N–H and O–H groups in total. The van der Waals surface area contributed by atoms with Crippen LogP contribution in [0.3, 0.4) is 0 Å². The van der Waals surface area contributed by atoms with Crippen molar-refractivity contribution in [3.8, 4) is 0 Å². The number of nitrogens with two attached hydrogens (primary N) is 1. The predicted octanol–water partition coefficient (Wildman–Crippen LogP) is 3.73. The summed E-state index contributed by atoms with van der Waals surface area (Å²) in [6.45, 7) is 0. The number of nitrogens with one attached hydrogen (secondary N) is 1. The molecule has 0 saturated carbocycles. The lowest BCUT2D eigenvalue weighted by molar-refractivity contribution is 0.601. The van der Waals surface area contributed by atoms with Crippen LogP contribution in [-0.2, 0) is 10.0 Å². The second-order valence-electron chi connectivity index (χ2n) is 3.92. The Labute approximate surface area is 132 Å². The van der Waals surface area contributed by atoms with E-state index in [1.165, 1.54) is 24.3 Å². The second-order valence-corrected chi connectivity index (χ2v) is 7.34. The van der Waals surface area contributed by atoms with Crippen LogP contribution in [0.25, 0.3) is 0 Å². The number of halogens is 3. The number of hydrogen-bond acceptors (Lipinski definition) is 3. The van der Waals surface area contributed by atoms with Crippen molar-refractivity contribution in [1.29, 1.82) is 0 Å². The van der Waals surface area contributed by atoms with E-state index >= 15 is 0 Å². The second kappa shape index (κ2) is 5.71. The fourth-order valence-corrected chi connectivity index (χ4v) is 3.46. The molecular formula is C12H9Br2FN2O2S. The van der Waals surface area contributed by atoms with Gasteiger partial charge < -0.3 is 5.73 Å². The summed E-state index contributed by atoms with van der Waals surface area (Å²) in [4.78, 5) is -0.0406.